The highest BCUT2D eigenvalue weighted by Gasteiger charge is 2.63. The number of halogens is 1. The molecule has 24 heavy (non-hydrogen) atoms. The quantitative estimate of drug-likeness (QED) is 0.759. The van der Waals surface area contributed by atoms with Crippen LogP contribution in [0.25, 0.3) is 10.8 Å². The molecule has 0 unspecified atom stereocenters. The summed E-state index contributed by atoms with van der Waals surface area (Å²) in [5.74, 6) is -2.52. The van der Waals surface area contributed by atoms with Gasteiger partial charge in [-0.25, -0.2) is 0 Å². The van der Waals surface area contributed by atoms with Gasteiger partial charge in [-0.15, -0.1) is 0 Å². The van der Waals surface area contributed by atoms with E-state index in [4.69, 9.17) is 0 Å². The first-order valence-electron chi connectivity index (χ1n) is 8.03. The number of hydrogen-bond donors (Lipinski definition) is 2. The molecule has 0 heterocycles. The lowest BCUT2D eigenvalue weighted by Gasteiger charge is -2.48. The van der Waals surface area contributed by atoms with Crippen LogP contribution in [0.1, 0.15) is 37.8 Å². The summed E-state index contributed by atoms with van der Waals surface area (Å²) in [7, 11) is 0. The lowest BCUT2D eigenvalue weighted by molar-refractivity contribution is -0.172. The van der Waals surface area contributed by atoms with E-state index < -0.39 is 22.8 Å². The van der Waals surface area contributed by atoms with E-state index in [1.807, 2.05) is 44.2 Å². The average molecular weight is 391 g/mol. The van der Waals surface area contributed by atoms with Gasteiger partial charge in [-0.05, 0) is 40.8 Å². The molecule has 0 fully saturated rings. The SMILES string of the molecule is CCC1(CC)c2cccc3c(Br)ccc(c23)CC1(C(=O)O)C(=O)O. The van der Waals surface area contributed by atoms with E-state index in [1.165, 1.54) is 0 Å². The molecule has 5 heteroatoms. The molecule has 0 saturated heterocycles. The molecular weight excluding hydrogens is 372 g/mol. The van der Waals surface area contributed by atoms with Gasteiger partial charge in [0, 0.05) is 16.3 Å². The van der Waals surface area contributed by atoms with E-state index >= 15 is 0 Å². The van der Waals surface area contributed by atoms with Crippen molar-refractivity contribution in [2.75, 3.05) is 0 Å². The number of aliphatic carboxylic acids is 2. The molecule has 2 aromatic rings. The van der Waals surface area contributed by atoms with E-state index in [-0.39, 0.29) is 6.42 Å². The Labute approximate surface area is 148 Å². The summed E-state index contributed by atoms with van der Waals surface area (Å²) in [4.78, 5) is 24.5. The molecule has 126 valence electrons. The Morgan fingerprint density at radius 3 is 2.25 bits per heavy atom. The summed E-state index contributed by atoms with van der Waals surface area (Å²) < 4.78 is 0.933. The van der Waals surface area contributed by atoms with Crippen LogP contribution in [-0.2, 0) is 21.4 Å². The normalized spacial score (nSPS) is 17.6. The molecule has 2 aromatic carbocycles. The van der Waals surface area contributed by atoms with Crippen molar-refractivity contribution in [3.8, 4) is 0 Å². The van der Waals surface area contributed by atoms with Crippen LogP contribution in [0.4, 0.5) is 0 Å². The minimum absolute atomic E-state index is 0.000139. The Balaban J connectivity index is 2.52. The monoisotopic (exact) mass is 390 g/mol. The number of carboxylic acids is 2. The number of rotatable bonds is 4. The zero-order chi connectivity index (χ0) is 17.7. The van der Waals surface area contributed by atoms with Crippen LogP contribution in [0, 0.1) is 5.41 Å². The first kappa shape index (κ1) is 17.0. The molecule has 0 radical (unpaired) electrons. The van der Waals surface area contributed by atoms with E-state index in [0.717, 1.165) is 26.4 Å². The predicted molar refractivity (Wildman–Crippen MR) is 95.3 cm³/mol. The third kappa shape index (κ3) is 1.85. The van der Waals surface area contributed by atoms with Gasteiger partial charge in [0.2, 0.25) is 0 Å². The third-order valence-electron chi connectivity index (χ3n) is 5.80. The van der Waals surface area contributed by atoms with Crippen molar-refractivity contribution in [1.82, 2.24) is 0 Å². The molecule has 0 spiro atoms. The molecule has 1 aliphatic rings. The van der Waals surface area contributed by atoms with Crippen LogP contribution >= 0.6 is 15.9 Å². The first-order valence-corrected chi connectivity index (χ1v) is 8.82. The number of benzene rings is 2. The van der Waals surface area contributed by atoms with Crippen LogP contribution in [0.15, 0.2) is 34.8 Å². The van der Waals surface area contributed by atoms with Gasteiger partial charge in [0.1, 0.15) is 0 Å². The van der Waals surface area contributed by atoms with Gasteiger partial charge in [-0.2, -0.15) is 0 Å². The van der Waals surface area contributed by atoms with Gasteiger partial charge in [0.05, 0.1) is 0 Å². The zero-order valence-electron chi connectivity index (χ0n) is 13.6. The first-order chi connectivity index (χ1) is 11.4. The van der Waals surface area contributed by atoms with Crippen LogP contribution in [0.2, 0.25) is 0 Å². The number of hydrogen-bond acceptors (Lipinski definition) is 2. The highest BCUT2D eigenvalue weighted by atomic mass is 79.9. The summed E-state index contributed by atoms with van der Waals surface area (Å²) in [5.41, 5.74) is -1.19. The average Bonchev–Trinajstić information content (AvgIpc) is 2.57. The Morgan fingerprint density at radius 2 is 1.71 bits per heavy atom. The van der Waals surface area contributed by atoms with E-state index in [0.29, 0.717) is 12.8 Å². The third-order valence-corrected chi connectivity index (χ3v) is 6.49. The van der Waals surface area contributed by atoms with Gasteiger partial charge >= 0.3 is 11.9 Å². The second-order valence-corrected chi connectivity index (χ2v) is 7.27. The fourth-order valence-corrected chi connectivity index (χ4v) is 5.02. The molecule has 0 bridgehead atoms. The number of carbonyl (C=O) groups is 2. The molecule has 4 nitrogen and oxygen atoms in total. The Hall–Kier alpha value is -1.88. The second-order valence-electron chi connectivity index (χ2n) is 6.42. The van der Waals surface area contributed by atoms with Crippen molar-refractivity contribution in [1.29, 1.82) is 0 Å². The molecule has 0 atom stereocenters. The Morgan fingerprint density at radius 1 is 1.08 bits per heavy atom. The van der Waals surface area contributed by atoms with Crippen LogP contribution in [0.3, 0.4) is 0 Å². The highest BCUT2D eigenvalue weighted by molar-refractivity contribution is 9.10. The lowest BCUT2D eigenvalue weighted by Crippen LogP contribution is -2.58. The standard InChI is InChI=1S/C19H19BrO4/c1-3-18(4-2)13-7-5-6-12-14(20)9-8-11(15(12)13)10-19(18,16(21)22)17(23)24/h5-9H,3-4,10H2,1-2H3,(H,21,22)(H,23,24). The van der Waals surface area contributed by atoms with Gasteiger partial charge in [-0.3, -0.25) is 9.59 Å². The topological polar surface area (TPSA) is 74.6 Å². The van der Waals surface area contributed by atoms with Crippen molar-refractivity contribution in [3.05, 3.63) is 45.9 Å². The maximum Gasteiger partial charge on any atom is 0.322 e. The largest absolute Gasteiger partial charge is 0.480 e. The molecule has 1 aliphatic carbocycles. The maximum atomic E-state index is 12.3. The molecule has 3 rings (SSSR count). The smallest absolute Gasteiger partial charge is 0.322 e. The molecule has 0 aliphatic heterocycles. The highest BCUT2D eigenvalue weighted by Crippen LogP contribution is 2.56. The van der Waals surface area contributed by atoms with Gasteiger partial charge < -0.3 is 10.2 Å². The summed E-state index contributed by atoms with van der Waals surface area (Å²) >= 11 is 3.55. The van der Waals surface area contributed by atoms with Crippen LogP contribution in [0.5, 0.6) is 0 Å². The molecular formula is C19H19BrO4. The van der Waals surface area contributed by atoms with E-state index in [1.54, 1.807) is 0 Å². The molecule has 0 aromatic heterocycles. The summed E-state index contributed by atoms with van der Waals surface area (Å²) in [6.07, 6.45) is 0.903. The van der Waals surface area contributed by atoms with Gasteiger partial charge in [0.25, 0.3) is 0 Å². The lowest BCUT2D eigenvalue weighted by atomic mass is 9.51. The fraction of sp³-hybridized carbons (Fsp3) is 0.368. The Bertz CT molecular complexity index is 838. The van der Waals surface area contributed by atoms with Crippen molar-refractivity contribution < 1.29 is 19.8 Å². The van der Waals surface area contributed by atoms with Crippen LogP contribution < -0.4 is 0 Å². The van der Waals surface area contributed by atoms with Crippen molar-refractivity contribution in [2.45, 2.75) is 38.5 Å². The van der Waals surface area contributed by atoms with Crippen molar-refractivity contribution in [3.63, 3.8) is 0 Å². The van der Waals surface area contributed by atoms with Crippen molar-refractivity contribution >= 4 is 38.6 Å². The summed E-state index contributed by atoms with van der Waals surface area (Å²) in [6, 6.07) is 9.46. The van der Waals surface area contributed by atoms with E-state index in [9.17, 15) is 19.8 Å². The van der Waals surface area contributed by atoms with Gasteiger partial charge in [0.15, 0.2) is 5.41 Å². The molecule has 2 N–H and O–H groups in total. The minimum Gasteiger partial charge on any atom is -0.480 e. The maximum absolute atomic E-state index is 12.3. The summed E-state index contributed by atoms with van der Waals surface area (Å²) in [6.45, 7) is 3.76. The number of carboxylic acid groups (broad SMARTS) is 2. The summed E-state index contributed by atoms with van der Waals surface area (Å²) in [5, 5.41) is 22.0. The molecule has 0 saturated carbocycles. The predicted octanol–water partition coefficient (Wildman–Crippen LogP) is 4.37. The van der Waals surface area contributed by atoms with E-state index in [2.05, 4.69) is 15.9 Å². The fourth-order valence-electron chi connectivity index (χ4n) is 4.56. The van der Waals surface area contributed by atoms with Crippen LogP contribution in [-0.4, -0.2) is 22.2 Å². The van der Waals surface area contributed by atoms with Crippen molar-refractivity contribution in [2.24, 2.45) is 5.41 Å². The van der Waals surface area contributed by atoms with Gasteiger partial charge in [-0.1, -0.05) is 54.0 Å². The zero-order valence-corrected chi connectivity index (χ0v) is 15.2. The molecule has 0 amide bonds. The Kier molecular flexibility index (Phi) is 3.95. The minimum atomic E-state index is -1.86. The second kappa shape index (κ2) is 5.59.